The smallest absolute Gasteiger partial charge is 0.234 e. The first-order valence-corrected chi connectivity index (χ1v) is 5.90. The lowest BCUT2D eigenvalue weighted by Gasteiger charge is -2.30. The molecule has 3 nitrogen and oxygen atoms in total. The minimum absolute atomic E-state index is 0.559. The number of hydrogen-bond donors (Lipinski definition) is 1. The third-order valence-electron chi connectivity index (χ3n) is 2.90. The lowest BCUT2D eigenvalue weighted by atomic mass is 10.1. The van der Waals surface area contributed by atoms with Crippen LogP contribution >= 0.6 is 0 Å². The highest BCUT2D eigenvalue weighted by molar-refractivity contribution is 5.13. The van der Waals surface area contributed by atoms with Gasteiger partial charge in [0.2, 0.25) is 6.35 Å². The zero-order valence-corrected chi connectivity index (χ0v) is 9.56. The van der Waals surface area contributed by atoms with Crippen molar-refractivity contribution >= 4 is 0 Å². The number of piperidine rings is 1. The van der Waals surface area contributed by atoms with Gasteiger partial charge in [-0.15, -0.1) is 0 Å². The summed E-state index contributed by atoms with van der Waals surface area (Å²) in [6.07, 6.45) is 4.32. The van der Waals surface area contributed by atoms with Gasteiger partial charge in [-0.1, -0.05) is 36.8 Å². The van der Waals surface area contributed by atoms with E-state index in [1.54, 1.807) is 0 Å². The van der Waals surface area contributed by atoms with Crippen molar-refractivity contribution in [2.24, 2.45) is 5.73 Å². The van der Waals surface area contributed by atoms with Gasteiger partial charge in [-0.05, 0) is 18.4 Å². The van der Waals surface area contributed by atoms with Gasteiger partial charge in [0.15, 0.2) is 0 Å². The quantitative estimate of drug-likeness (QED) is 0.842. The highest BCUT2D eigenvalue weighted by atomic mass is 16.5. The molecule has 1 aromatic carbocycles. The molecule has 1 aliphatic heterocycles. The summed E-state index contributed by atoms with van der Waals surface area (Å²) in [6.45, 7) is 2.62. The maximum atomic E-state index is 5.92. The molecule has 0 unspecified atom stereocenters. The third-order valence-corrected chi connectivity index (χ3v) is 2.90. The van der Waals surface area contributed by atoms with Crippen LogP contribution in [-0.2, 0) is 11.3 Å². The van der Waals surface area contributed by atoms with E-state index in [1.165, 1.54) is 19.3 Å². The summed E-state index contributed by atoms with van der Waals surface area (Å²) in [7, 11) is 0. The van der Waals surface area contributed by atoms with Crippen LogP contribution in [0.4, 0.5) is 0 Å². The summed E-state index contributed by atoms with van der Waals surface area (Å²) >= 11 is 0. The Balaban J connectivity index is 1.76. The van der Waals surface area contributed by atoms with E-state index in [4.69, 9.17) is 10.5 Å². The molecular formula is C13H19N2O. The summed E-state index contributed by atoms with van der Waals surface area (Å²) in [4.78, 5) is 2.13. The van der Waals surface area contributed by atoms with Gasteiger partial charge in [0, 0.05) is 13.1 Å². The van der Waals surface area contributed by atoms with E-state index in [9.17, 15) is 0 Å². The molecule has 1 radical (unpaired) electrons. The minimum Gasteiger partial charge on any atom is -0.338 e. The van der Waals surface area contributed by atoms with Crippen molar-refractivity contribution in [2.75, 3.05) is 13.1 Å². The average molecular weight is 219 g/mol. The van der Waals surface area contributed by atoms with Crippen LogP contribution in [0.15, 0.2) is 30.3 Å². The van der Waals surface area contributed by atoms with E-state index < -0.39 is 0 Å². The second kappa shape index (κ2) is 5.99. The fraction of sp³-hybridized carbons (Fsp3) is 0.462. The predicted molar refractivity (Wildman–Crippen MR) is 64.1 cm³/mol. The van der Waals surface area contributed by atoms with Gasteiger partial charge >= 0.3 is 0 Å². The van der Waals surface area contributed by atoms with Gasteiger partial charge in [0.25, 0.3) is 0 Å². The Kier molecular flexibility index (Phi) is 4.34. The Labute approximate surface area is 97.2 Å². The van der Waals surface area contributed by atoms with Crippen LogP contribution in [0, 0.1) is 6.35 Å². The number of hydrogen-bond acceptors (Lipinski definition) is 3. The molecule has 16 heavy (non-hydrogen) atoms. The number of nitrogens with zero attached hydrogens (tertiary/aromatic N) is 1. The number of likely N-dealkylation sites (tertiary alicyclic amines) is 1. The molecule has 3 heteroatoms. The van der Waals surface area contributed by atoms with Crippen LogP contribution in [0.5, 0.6) is 0 Å². The molecule has 2 rings (SSSR count). The standard InChI is InChI=1S/C13H19N2O/c14-13(15-9-5-2-6-10-15)16-11-12-7-3-1-4-8-12/h1,3-4,7-8H,2,5-6,9-11,14H2. The minimum atomic E-state index is 0.559. The van der Waals surface area contributed by atoms with Crippen molar-refractivity contribution in [3.63, 3.8) is 0 Å². The van der Waals surface area contributed by atoms with E-state index in [-0.39, 0.29) is 0 Å². The van der Waals surface area contributed by atoms with E-state index in [1.807, 2.05) is 30.3 Å². The first kappa shape index (κ1) is 11.6. The molecule has 0 atom stereocenters. The zero-order valence-electron chi connectivity index (χ0n) is 9.56. The van der Waals surface area contributed by atoms with Crippen molar-refractivity contribution in [1.82, 2.24) is 4.90 Å². The first-order valence-electron chi connectivity index (χ1n) is 5.90. The number of nitrogens with two attached hydrogens (primary N) is 1. The van der Waals surface area contributed by atoms with Gasteiger partial charge in [-0.3, -0.25) is 10.6 Å². The molecule has 0 aromatic heterocycles. The predicted octanol–water partition coefficient (Wildman–Crippen LogP) is 2.09. The second-order valence-electron chi connectivity index (χ2n) is 4.16. The molecule has 0 amide bonds. The van der Waals surface area contributed by atoms with Crippen LogP contribution in [0.2, 0.25) is 0 Å². The molecule has 1 heterocycles. The summed E-state index contributed by atoms with van der Waals surface area (Å²) < 4.78 is 5.59. The molecule has 0 spiro atoms. The largest absolute Gasteiger partial charge is 0.338 e. The first-order chi connectivity index (χ1) is 7.86. The van der Waals surface area contributed by atoms with Crippen molar-refractivity contribution in [3.8, 4) is 0 Å². The topological polar surface area (TPSA) is 38.5 Å². The summed E-state index contributed by atoms with van der Waals surface area (Å²) in [5.41, 5.74) is 7.07. The van der Waals surface area contributed by atoms with Crippen molar-refractivity contribution in [1.29, 1.82) is 0 Å². The molecule has 0 bridgehead atoms. The van der Waals surface area contributed by atoms with Gasteiger partial charge in [0.05, 0.1) is 6.61 Å². The Morgan fingerprint density at radius 3 is 2.50 bits per heavy atom. The van der Waals surface area contributed by atoms with Crippen LogP contribution in [0.1, 0.15) is 24.8 Å². The number of ether oxygens (including phenoxy) is 1. The lowest BCUT2D eigenvalue weighted by Crippen LogP contribution is -2.39. The van der Waals surface area contributed by atoms with Crippen molar-refractivity contribution in [2.45, 2.75) is 25.9 Å². The molecular weight excluding hydrogens is 200 g/mol. The SMILES string of the molecule is N[C](OCc1ccccc1)N1CCCCC1. The second-order valence-corrected chi connectivity index (χ2v) is 4.16. The molecule has 1 saturated heterocycles. The van der Waals surface area contributed by atoms with E-state index in [2.05, 4.69) is 4.90 Å². The fourth-order valence-electron chi connectivity index (χ4n) is 1.94. The average Bonchev–Trinajstić information content (AvgIpc) is 2.38. The van der Waals surface area contributed by atoms with Gasteiger partial charge in [-0.25, -0.2) is 0 Å². The van der Waals surface area contributed by atoms with Gasteiger partial charge in [0.1, 0.15) is 0 Å². The zero-order chi connectivity index (χ0) is 11.2. The number of rotatable bonds is 4. The van der Waals surface area contributed by atoms with Crippen LogP contribution < -0.4 is 5.73 Å². The molecule has 1 aromatic rings. The van der Waals surface area contributed by atoms with Gasteiger partial charge in [-0.2, -0.15) is 0 Å². The van der Waals surface area contributed by atoms with Gasteiger partial charge < -0.3 is 4.74 Å². The Morgan fingerprint density at radius 2 is 1.81 bits per heavy atom. The number of benzene rings is 1. The van der Waals surface area contributed by atoms with Crippen molar-refractivity contribution < 1.29 is 4.74 Å². The lowest BCUT2D eigenvalue weighted by molar-refractivity contribution is 0.0169. The van der Waals surface area contributed by atoms with E-state index in [0.717, 1.165) is 18.7 Å². The fourth-order valence-corrected chi connectivity index (χ4v) is 1.94. The molecule has 1 aliphatic rings. The Hall–Kier alpha value is -0.900. The van der Waals surface area contributed by atoms with E-state index in [0.29, 0.717) is 13.0 Å². The highest BCUT2D eigenvalue weighted by Gasteiger charge is 2.18. The Bertz CT molecular complexity index is 296. The third kappa shape index (κ3) is 3.30. The maximum Gasteiger partial charge on any atom is 0.234 e. The molecule has 0 saturated carbocycles. The summed E-state index contributed by atoms with van der Waals surface area (Å²) in [5.74, 6) is 0. The van der Waals surface area contributed by atoms with E-state index >= 15 is 0 Å². The van der Waals surface area contributed by atoms with Crippen LogP contribution in [0.3, 0.4) is 0 Å². The maximum absolute atomic E-state index is 5.92. The normalized spacial score (nSPS) is 17.9. The monoisotopic (exact) mass is 219 g/mol. The molecule has 0 aliphatic carbocycles. The van der Waals surface area contributed by atoms with Crippen LogP contribution in [-0.4, -0.2) is 18.0 Å². The molecule has 87 valence electrons. The molecule has 2 N–H and O–H groups in total. The molecule has 1 fully saturated rings. The summed E-state index contributed by atoms with van der Waals surface area (Å²) in [5, 5.41) is 0. The summed E-state index contributed by atoms with van der Waals surface area (Å²) in [6, 6.07) is 10.1. The van der Waals surface area contributed by atoms with Crippen LogP contribution in [0.25, 0.3) is 0 Å². The highest BCUT2D eigenvalue weighted by Crippen LogP contribution is 2.15. The van der Waals surface area contributed by atoms with Crippen molar-refractivity contribution in [3.05, 3.63) is 42.2 Å². The Morgan fingerprint density at radius 1 is 1.12 bits per heavy atom.